The van der Waals surface area contributed by atoms with Crippen LogP contribution in [0.3, 0.4) is 0 Å². The van der Waals surface area contributed by atoms with Crippen LogP contribution in [-0.4, -0.2) is 11.1 Å². The zero-order valence-electron chi connectivity index (χ0n) is 11.8. The van der Waals surface area contributed by atoms with Gasteiger partial charge in [-0.1, -0.05) is 6.07 Å². The van der Waals surface area contributed by atoms with E-state index >= 15 is 0 Å². The Balaban J connectivity index is 2.42. The summed E-state index contributed by atoms with van der Waals surface area (Å²) in [6, 6.07) is 4.48. The van der Waals surface area contributed by atoms with Crippen LogP contribution in [0.1, 0.15) is 31.0 Å². The summed E-state index contributed by atoms with van der Waals surface area (Å²) in [7, 11) is 0. The molecule has 21 heavy (non-hydrogen) atoms. The second kappa shape index (κ2) is 6.60. The van der Waals surface area contributed by atoms with E-state index in [4.69, 9.17) is 10.6 Å². The van der Waals surface area contributed by atoms with E-state index in [-0.39, 0.29) is 11.7 Å². The summed E-state index contributed by atoms with van der Waals surface area (Å²) in [5.74, 6) is 4.64. The van der Waals surface area contributed by atoms with E-state index in [9.17, 15) is 8.78 Å². The molecule has 112 valence electrons. The van der Waals surface area contributed by atoms with Gasteiger partial charge in [-0.3, -0.25) is 10.8 Å². The van der Waals surface area contributed by atoms with Gasteiger partial charge in [-0.05, 0) is 37.6 Å². The van der Waals surface area contributed by atoms with Gasteiger partial charge in [0, 0.05) is 11.8 Å². The fraction of sp³-hybridized carbons (Fsp3) is 0.267. The molecule has 2 rings (SSSR count). The van der Waals surface area contributed by atoms with Gasteiger partial charge in [0.05, 0.1) is 18.3 Å². The number of pyridine rings is 1. The van der Waals surface area contributed by atoms with Crippen molar-refractivity contribution in [3.05, 3.63) is 59.4 Å². The van der Waals surface area contributed by atoms with Crippen molar-refractivity contribution >= 4 is 0 Å². The Morgan fingerprint density at radius 3 is 2.43 bits per heavy atom. The second-order valence-electron chi connectivity index (χ2n) is 4.86. The first-order valence-electron chi connectivity index (χ1n) is 6.54. The molecule has 0 fully saturated rings. The minimum absolute atomic E-state index is 0.0310. The van der Waals surface area contributed by atoms with E-state index < -0.39 is 17.7 Å². The summed E-state index contributed by atoms with van der Waals surface area (Å²) in [4.78, 5) is 4.03. The molecule has 3 N–H and O–H groups in total. The Morgan fingerprint density at radius 2 is 1.86 bits per heavy atom. The second-order valence-corrected chi connectivity index (χ2v) is 4.86. The average molecular weight is 293 g/mol. The Morgan fingerprint density at radius 1 is 1.19 bits per heavy atom. The third-order valence-corrected chi connectivity index (χ3v) is 2.89. The molecule has 0 saturated carbocycles. The lowest BCUT2D eigenvalue weighted by atomic mass is 9.99. The van der Waals surface area contributed by atoms with Crippen molar-refractivity contribution in [1.82, 2.24) is 10.4 Å². The Kier molecular flexibility index (Phi) is 4.82. The standard InChI is InChI=1S/C15H17F2N3O/c1-9(2)21-11-6-10(7-19-8-11)15(20-18)14-12(16)4-3-5-13(14)17/h3-9,15,20H,18H2,1-2H3. The summed E-state index contributed by atoms with van der Waals surface area (Å²) >= 11 is 0. The third-order valence-electron chi connectivity index (χ3n) is 2.89. The van der Waals surface area contributed by atoms with Crippen molar-refractivity contribution in [1.29, 1.82) is 0 Å². The van der Waals surface area contributed by atoms with Gasteiger partial charge in [-0.15, -0.1) is 0 Å². The first-order valence-corrected chi connectivity index (χ1v) is 6.54. The van der Waals surface area contributed by atoms with Crippen LogP contribution in [0.2, 0.25) is 0 Å². The van der Waals surface area contributed by atoms with Gasteiger partial charge in [-0.2, -0.15) is 0 Å². The van der Waals surface area contributed by atoms with E-state index in [1.54, 1.807) is 6.07 Å². The van der Waals surface area contributed by atoms with Crippen molar-refractivity contribution in [2.75, 3.05) is 0 Å². The molecule has 1 heterocycles. The summed E-state index contributed by atoms with van der Waals surface area (Å²) < 4.78 is 33.3. The Labute approximate surface area is 121 Å². The number of aromatic nitrogens is 1. The molecule has 0 bridgehead atoms. The first kappa shape index (κ1) is 15.3. The number of hydrogen-bond acceptors (Lipinski definition) is 4. The van der Waals surface area contributed by atoms with E-state index in [0.29, 0.717) is 11.3 Å². The number of nitrogens with two attached hydrogens (primary N) is 1. The van der Waals surface area contributed by atoms with E-state index in [2.05, 4.69) is 10.4 Å². The molecule has 0 spiro atoms. The predicted molar refractivity (Wildman–Crippen MR) is 75.5 cm³/mol. The lowest BCUT2D eigenvalue weighted by Gasteiger charge is -2.19. The first-order chi connectivity index (χ1) is 10.0. The normalized spacial score (nSPS) is 12.5. The minimum Gasteiger partial charge on any atom is -0.489 e. The number of rotatable bonds is 5. The van der Waals surface area contributed by atoms with Crippen LogP contribution in [0.25, 0.3) is 0 Å². The largest absolute Gasteiger partial charge is 0.489 e. The zero-order valence-corrected chi connectivity index (χ0v) is 11.8. The van der Waals surface area contributed by atoms with Crippen LogP contribution in [0.4, 0.5) is 8.78 Å². The van der Waals surface area contributed by atoms with E-state index in [1.165, 1.54) is 30.6 Å². The molecule has 1 aromatic carbocycles. The molecule has 0 aliphatic heterocycles. The number of halogens is 2. The molecule has 0 radical (unpaired) electrons. The highest BCUT2D eigenvalue weighted by Crippen LogP contribution is 2.28. The number of hydrazine groups is 1. The van der Waals surface area contributed by atoms with Gasteiger partial charge in [-0.25, -0.2) is 14.2 Å². The topological polar surface area (TPSA) is 60.2 Å². The lowest BCUT2D eigenvalue weighted by Crippen LogP contribution is -2.30. The molecular weight excluding hydrogens is 276 g/mol. The Bertz CT molecular complexity index is 599. The molecule has 1 atom stereocenters. The maximum atomic E-state index is 13.9. The van der Waals surface area contributed by atoms with Crippen LogP contribution in [0.15, 0.2) is 36.7 Å². The average Bonchev–Trinajstić information content (AvgIpc) is 2.42. The van der Waals surface area contributed by atoms with Gasteiger partial charge >= 0.3 is 0 Å². The molecule has 0 aliphatic carbocycles. The third kappa shape index (κ3) is 3.53. The van der Waals surface area contributed by atoms with Crippen molar-refractivity contribution in [2.45, 2.75) is 26.0 Å². The molecule has 4 nitrogen and oxygen atoms in total. The quantitative estimate of drug-likeness (QED) is 0.657. The van der Waals surface area contributed by atoms with Gasteiger partial charge < -0.3 is 4.74 Å². The number of benzene rings is 1. The predicted octanol–water partition coefficient (Wildman–Crippen LogP) is 2.70. The van der Waals surface area contributed by atoms with Crippen molar-refractivity contribution in [3.63, 3.8) is 0 Å². The van der Waals surface area contributed by atoms with Crippen LogP contribution >= 0.6 is 0 Å². The highest BCUT2D eigenvalue weighted by molar-refractivity contribution is 5.35. The van der Waals surface area contributed by atoms with E-state index in [0.717, 1.165) is 0 Å². The molecule has 1 unspecified atom stereocenters. The van der Waals surface area contributed by atoms with E-state index in [1.807, 2.05) is 13.8 Å². The van der Waals surface area contributed by atoms with Crippen molar-refractivity contribution < 1.29 is 13.5 Å². The Hall–Kier alpha value is -2.05. The smallest absolute Gasteiger partial charge is 0.138 e. The molecule has 0 saturated heterocycles. The SMILES string of the molecule is CC(C)Oc1cncc(C(NN)c2c(F)cccc2F)c1. The molecule has 2 aromatic rings. The summed E-state index contributed by atoms with van der Waals surface area (Å²) in [6.45, 7) is 3.75. The zero-order chi connectivity index (χ0) is 15.4. The molecular formula is C15H17F2N3O. The van der Waals surface area contributed by atoms with Crippen LogP contribution in [-0.2, 0) is 0 Å². The van der Waals surface area contributed by atoms with Crippen molar-refractivity contribution in [2.24, 2.45) is 5.84 Å². The number of hydrogen-bond donors (Lipinski definition) is 2. The minimum atomic E-state index is -0.852. The van der Waals surface area contributed by atoms with Gasteiger partial charge in [0.25, 0.3) is 0 Å². The molecule has 0 aliphatic rings. The lowest BCUT2D eigenvalue weighted by molar-refractivity contribution is 0.241. The summed E-state index contributed by atoms with van der Waals surface area (Å²) in [6.07, 6.45) is 3.00. The molecule has 0 amide bonds. The maximum Gasteiger partial charge on any atom is 0.138 e. The summed E-state index contributed by atoms with van der Waals surface area (Å²) in [5, 5.41) is 0. The highest BCUT2D eigenvalue weighted by Gasteiger charge is 2.21. The summed E-state index contributed by atoms with van der Waals surface area (Å²) in [5.41, 5.74) is 2.79. The van der Waals surface area contributed by atoms with Gasteiger partial charge in [0.1, 0.15) is 17.4 Å². The van der Waals surface area contributed by atoms with Crippen LogP contribution in [0, 0.1) is 11.6 Å². The monoisotopic (exact) mass is 293 g/mol. The number of nitrogens with zero attached hydrogens (tertiary/aromatic N) is 1. The fourth-order valence-electron chi connectivity index (χ4n) is 2.06. The number of ether oxygens (including phenoxy) is 1. The van der Waals surface area contributed by atoms with Gasteiger partial charge in [0.2, 0.25) is 0 Å². The van der Waals surface area contributed by atoms with Crippen molar-refractivity contribution in [3.8, 4) is 5.75 Å². The van der Waals surface area contributed by atoms with Crippen LogP contribution in [0.5, 0.6) is 5.75 Å². The highest BCUT2D eigenvalue weighted by atomic mass is 19.1. The maximum absolute atomic E-state index is 13.9. The molecule has 1 aromatic heterocycles. The van der Waals surface area contributed by atoms with Gasteiger partial charge in [0.15, 0.2) is 0 Å². The molecule has 6 heteroatoms. The van der Waals surface area contributed by atoms with Crippen LogP contribution < -0.4 is 16.0 Å². The number of nitrogens with one attached hydrogen (secondary N) is 1. The fourth-order valence-corrected chi connectivity index (χ4v) is 2.06.